The van der Waals surface area contributed by atoms with E-state index in [2.05, 4.69) is 51.2 Å². The highest BCUT2D eigenvalue weighted by molar-refractivity contribution is 5.76. The number of aromatic nitrogens is 4. The van der Waals surface area contributed by atoms with Gasteiger partial charge in [-0.15, -0.1) is 0 Å². The predicted octanol–water partition coefficient (Wildman–Crippen LogP) is 3.62. The van der Waals surface area contributed by atoms with Crippen molar-refractivity contribution < 1.29 is 4.74 Å². The normalized spacial score (nSPS) is 18.7. The Morgan fingerprint density at radius 2 is 1.75 bits per heavy atom. The van der Waals surface area contributed by atoms with Crippen molar-refractivity contribution in [3.05, 3.63) is 65.1 Å². The summed E-state index contributed by atoms with van der Waals surface area (Å²) in [7, 11) is 5.92. The lowest BCUT2D eigenvalue weighted by Crippen LogP contribution is -2.44. The number of fused-ring (bicyclic) bond motifs is 1. The van der Waals surface area contributed by atoms with Crippen molar-refractivity contribution in [2.75, 3.05) is 70.7 Å². The molecule has 0 amide bonds. The van der Waals surface area contributed by atoms with E-state index in [9.17, 15) is 4.79 Å². The molecule has 2 aromatic heterocycles. The van der Waals surface area contributed by atoms with Gasteiger partial charge in [-0.2, -0.15) is 4.98 Å². The number of hydrogen-bond acceptors (Lipinski definition) is 9. The SMILES string of the molecule is COc1cc(N2CCN(C)CC2)ccc1Nc1ncc2nc(-c3ccccc3)c(=O)n(C3CCCN(C)C3)c2n1. The van der Waals surface area contributed by atoms with Crippen LogP contribution < -0.4 is 20.5 Å². The van der Waals surface area contributed by atoms with Crippen LogP contribution in [0.4, 0.5) is 17.3 Å². The van der Waals surface area contributed by atoms with E-state index in [0.717, 1.165) is 69.0 Å². The van der Waals surface area contributed by atoms with Gasteiger partial charge in [0.25, 0.3) is 5.56 Å². The van der Waals surface area contributed by atoms with E-state index in [1.807, 2.05) is 41.0 Å². The molecule has 1 N–H and O–H groups in total. The molecule has 40 heavy (non-hydrogen) atoms. The number of ether oxygens (including phenoxy) is 1. The zero-order valence-electron chi connectivity index (χ0n) is 23.4. The monoisotopic (exact) mass is 540 g/mol. The molecule has 0 spiro atoms. The number of benzene rings is 2. The second-order valence-electron chi connectivity index (χ2n) is 10.8. The second kappa shape index (κ2) is 11.2. The van der Waals surface area contributed by atoms with Gasteiger partial charge < -0.3 is 24.8 Å². The molecule has 0 bridgehead atoms. The highest BCUT2D eigenvalue weighted by Crippen LogP contribution is 2.32. The van der Waals surface area contributed by atoms with Crippen LogP contribution in [0.2, 0.25) is 0 Å². The van der Waals surface area contributed by atoms with Gasteiger partial charge in [-0.1, -0.05) is 30.3 Å². The van der Waals surface area contributed by atoms with Crippen LogP contribution >= 0.6 is 0 Å². The van der Waals surface area contributed by atoms with E-state index in [0.29, 0.717) is 28.6 Å². The first-order valence-corrected chi connectivity index (χ1v) is 13.9. The van der Waals surface area contributed by atoms with Crippen LogP contribution in [0.15, 0.2) is 59.5 Å². The lowest BCUT2D eigenvalue weighted by molar-refractivity contribution is 0.212. The van der Waals surface area contributed by atoms with Gasteiger partial charge in [-0.3, -0.25) is 9.36 Å². The molecule has 0 saturated carbocycles. The van der Waals surface area contributed by atoms with Gasteiger partial charge in [0, 0.05) is 50.0 Å². The van der Waals surface area contributed by atoms with Crippen molar-refractivity contribution in [1.29, 1.82) is 0 Å². The van der Waals surface area contributed by atoms with Crippen LogP contribution in [-0.4, -0.2) is 89.8 Å². The van der Waals surface area contributed by atoms with E-state index < -0.39 is 0 Å². The van der Waals surface area contributed by atoms with E-state index in [1.54, 1.807) is 13.3 Å². The largest absolute Gasteiger partial charge is 0.494 e. The van der Waals surface area contributed by atoms with Gasteiger partial charge in [0.1, 0.15) is 17.0 Å². The molecule has 0 radical (unpaired) electrons. The molecule has 2 aliphatic rings. The number of nitrogens with one attached hydrogen (secondary N) is 1. The van der Waals surface area contributed by atoms with Crippen LogP contribution in [0.5, 0.6) is 5.75 Å². The third-order valence-electron chi connectivity index (χ3n) is 7.94. The molecule has 6 rings (SSSR count). The van der Waals surface area contributed by atoms with Crippen molar-refractivity contribution >= 4 is 28.5 Å². The molecule has 10 nitrogen and oxygen atoms in total. The summed E-state index contributed by atoms with van der Waals surface area (Å²) in [5.74, 6) is 1.11. The van der Waals surface area contributed by atoms with Crippen molar-refractivity contribution in [2.45, 2.75) is 18.9 Å². The number of hydrogen-bond donors (Lipinski definition) is 1. The number of piperazine rings is 1. The molecule has 1 unspecified atom stereocenters. The number of likely N-dealkylation sites (N-methyl/N-ethyl adjacent to an activating group) is 2. The number of nitrogens with zero attached hydrogens (tertiary/aromatic N) is 7. The van der Waals surface area contributed by atoms with Gasteiger partial charge in [0.15, 0.2) is 5.65 Å². The average molecular weight is 541 g/mol. The Morgan fingerprint density at radius 3 is 2.50 bits per heavy atom. The quantitative estimate of drug-likeness (QED) is 0.394. The molecule has 10 heteroatoms. The Morgan fingerprint density at radius 1 is 0.950 bits per heavy atom. The summed E-state index contributed by atoms with van der Waals surface area (Å²) in [4.78, 5) is 35.1. The van der Waals surface area contributed by atoms with Crippen LogP contribution in [0.1, 0.15) is 18.9 Å². The Kier molecular flexibility index (Phi) is 7.36. The minimum atomic E-state index is -0.127. The minimum Gasteiger partial charge on any atom is -0.494 e. The van der Waals surface area contributed by atoms with Gasteiger partial charge in [0.05, 0.1) is 25.0 Å². The molecule has 0 aliphatic carbocycles. The van der Waals surface area contributed by atoms with Crippen LogP contribution in [0, 0.1) is 0 Å². The molecule has 4 heterocycles. The lowest BCUT2D eigenvalue weighted by Gasteiger charge is -2.34. The van der Waals surface area contributed by atoms with E-state index in [4.69, 9.17) is 14.7 Å². The Balaban J connectivity index is 1.38. The smallest absolute Gasteiger partial charge is 0.279 e. The fourth-order valence-corrected chi connectivity index (χ4v) is 5.70. The topological polar surface area (TPSA) is 91.7 Å². The number of methoxy groups -OCH3 is 1. The summed E-state index contributed by atoms with van der Waals surface area (Å²) in [5.41, 5.74) is 4.11. The van der Waals surface area contributed by atoms with Crippen molar-refractivity contribution in [2.24, 2.45) is 0 Å². The Labute approximate surface area is 234 Å². The van der Waals surface area contributed by atoms with Crippen LogP contribution in [-0.2, 0) is 0 Å². The third-order valence-corrected chi connectivity index (χ3v) is 7.94. The first kappa shape index (κ1) is 26.2. The van der Waals surface area contributed by atoms with Gasteiger partial charge in [-0.05, 0) is 45.6 Å². The molecular weight excluding hydrogens is 504 g/mol. The molecule has 2 aliphatic heterocycles. The van der Waals surface area contributed by atoms with E-state index in [1.165, 1.54) is 0 Å². The number of anilines is 3. The van der Waals surface area contributed by atoms with Crippen LogP contribution in [0.3, 0.4) is 0 Å². The summed E-state index contributed by atoms with van der Waals surface area (Å²) in [5, 5.41) is 3.33. The molecule has 1 atom stereocenters. The number of rotatable bonds is 6. The summed E-state index contributed by atoms with van der Waals surface area (Å²) in [6, 6.07) is 15.8. The van der Waals surface area contributed by atoms with Gasteiger partial charge >= 0.3 is 0 Å². The summed E-state index contributed by atoms with van der Waals surface area (Å²) < 4.78 is 7.58. The fraction of sp³-hybridized carbons (Fsp3) is 0.400. The van der Waals surface area contributed by atoms with Gasteiger partial charge in [-0.25, -0.2) is 9.97 Å². The van der Waals surface area contributed by atoms with Crippen molar-refractivity contribution in [1.82, 2.24) is 29.3 Å². The average Bonchev–Trinajstić information content (AvgIpc) is 2.98. The first-order chi connectivity index (χ1) is 19.5. The number of likely N-dealkylation sites (tertiary alicyclic amines) is 1. The molecule has 2 fully saturated rings. The highest BCUT2D eigenvalue weighted by atomic mass is 16.5. The Hall–Kier alpha value is -4.02. The zero-order chi connectivity index (χ0) is 27.6. The fourth-order valence-electron chi connectivity index (χ4n) is 5.70. The zero-order valence-corrected chi connectivity index (χ0v) is 23.4. The maximum Gasteiger partial charge on any atom is 0.279 e. The molecule has 2 saturated heterocycles. The van der Waals surface area contributed by atoms with E-state index in [-0.39, 0.29) is 11.6 Å². The van der Waals surface area contributed by atoms with Crippen LogP contribution in [0.25, 0.3) is 22.4 Å². The van der Waals surface area contributed by atoms with Crippen molar-refractivity contribution in [3.8, 4) is 17.0 Å². The molecule has 4 aromatic rings. The molecular formula is C30H36N8O2. The maximum absolute atomic E-state index is 13.9. The summed E-state index contributed by atoms with van der Waals surface area (Å²) in [6.45, 7) is 5.82. The third kappa shape index (κ3) is 5.24. The summed E-state index contributed by atoms with van der Waals surface area (Å²) in [6.07, 6.45) is 3.63. The molecule has 208 valence electrons. The van der Waals surface area contributed by atoms with Crippen molar-refractivity contribution in [3.63, 3.8) is 0 Å². The summed E-state index contributed by atoms with van der Waals surface area (Å²) >= 11 is 0. The highest BCUT2D eigenvalue weighted by Gasteiger charge is 2.25. The second-order valence-corrected chi connectivity index (χ2v) is 10.8. The van der Waals surface area contributed by atoms with Gasteiger partial charge in [0.2, 0.25) is 5.95 Å². The maximum atomic E-state index is 13.9. The molecule has 2 aromatic carbocycles. The minimum absolute atomic E-state index is 0.000584. The Bertz CT molecular complexity index is 1550. The predicted molar refractivity (Wildman–Crippen MR) is 159 cm³/mol. The standard InChI is InChI=1S/C30H36N8O2/c1-35-14-16-37(17-15-35)22-11-12-24(26(18-22)40-3)33-30-31-19-25-28(34-30)38(23-10-7-13-36(2)20-23)29(39)27(32-25)21-8-5-4-6-9-21/h4-6,8-9,11-12,18-19,23H,7,10,13-17,20H2,1-3H3,(H,31,33,34). The van der Waals surface area contributed by atoms with E-state index >= 15 is 0 Å². The first-order valence-electron chi connectivity index (χ1n) is 13.9. The lowest BCUT2D eigenvalue weighted by atomic mass is 10.1. The number of piperidine rings is 1.